The summed E-state index contributed by atoms with van der Waals surface area (Å²) in [7, 11) is 3.03. The average molecular weight is 387 g/mol. The van der Waals surface area contributed by atoms with Crippen LogP contribution in [0.4, 0.5) is 5.69 Å². The predicted octanol–water partition coefficient (Wildman–Crippen LogP) is 3.68. The quantitative estimate of drug-likeness (QED) is 0.661. The molecule has 1 amide bonds. The van der Waals surface area contributed by atoms with Crippen molar-refractivity contribution in [1.82, 2.24) is 0 Å². The minimum Gasteiger partial charge on any atom is -0.494 e. The molecular formula is C21H25NO6. The third-order valence-corrected chi connectivity index (χ3v) is 3.87. The van der Waals surface area contributed by atoms with Crippen molar-refractivity contribution in [2.45, 2.75) is 26.4 Å². The number of carbonyl (C=O) groups excluding carboxylic acids is 2. The van der Waals surface area contributed by atoms with Gasteiger partial charge in [0.25, 0.3) is 5.91 Å². The number of hydrogen-bond donors (Lipinski definition) is 1. The molecule has 0 aliphatic carbocycles. The fourth-order valence-corrected chi connectivity index (χ4v) is 2.35. The molecule has 0 unspecified atom stereocenters. The molecule has 2 rings (SSSR count). The molecule has 0 aliphatic rings. The largest absolute Gasteiger partial charge is 0.494 e. The lowest BCUT2D eigenvalue weighted by atomic mass is 10.2. The Balaban J connectivity index is 1.95. The van der Waals surface area contributed by atoms with Gasteiger partial charge >= 0.3 is 5.97 Å². The highest BCUT2D eigenvalue weighted by Crippen LogP contribution is 2.29. The Bertz CT molecular complexity index is 803. The van der Waals surface area contributed by atoms with Gasteiger partial charge in [0.05, 0.1) is 26.4 Å². The minimum atomic E-state index is -0.975. The third-order valence-electron chi connectivity index (χ3n) is 3.87. The maximum atomic E-state index is 12.3. The van der Waals surface area contributed by atoms with E-state index in [1.807, 2.05) is 6.92 Å². The standard InChI is InChI=1S/C21H25NO6/c1-5-12-27-17-9-6-15(7-10-17)21(24)28-14(2)20(23)22-16-8-11-18(25-3)19(13-16)26-4/h6-11,13-14H,5,12H2,1-4H3,(H,22,23)/t14-/m0/s1. The summed E-state index contributed by atoms with van der Waals surface area (Å²) in [6.07, 6.45) is -0.0761. The van der Waals surface area contributed by atoms with Crippen molar-refractivity contribution in [2.75, 3.05) is 26.1 Å². The number of esters is 1. The van der Waals surface area contributed by atoms with Crippen LogP contribution in [0.25, 0.3) is 0 Å². The van der Waals surface area contributed by atoms with Gasteiger partial charge in [-0.3, -0.25) is 4.79 Å². The molecule has 0 saturated carbocycles. The van der Waals surface area contributed by atoms with Crippen LogP contribution in [0, 0.1) is 0 Å². The van der Waals surface area contributed by atoms with E-state index in [9.17, 15) is 9.59 Å². The van der Waals surface area contributed by atoms with Crippen molar-refractivity contribution in [2.24, 2.45) is 0 Å². The van der Waals surface area contributed by atoms with Gasteiger partial charge in [-0.25, -0.2) is 4.79 Å². The van der Waals surface area contributed by atoms with Crippen molar-refractivity contribution >= 4 is 17.6 Å². The van der Waals surface area contributed by atoms with Crippen LogP contribution < -0.4 is 19.5 Å². The lowest BCUT2D eigenvalue weighted by Crippen LogP contribution is -2.30. The second-order valence-corrected chi connectivity index (χ2v) is 5.98. The van der Waals surface area contributed by atoms with Crippen LogP contribution in [0.1, 0.15) is 30.6 Å². The van der Waals surface area contributed by atoms with E-state index in [-0.39, 0.29) is 0 Å². The Labute approximate surface area is 164 Å². The molecule has 150 valence electrons. The second-order valence-electron chi connectivity index (χ2n) is 5.98. The third kappa shape index (κ3) is 5.64. The van der Waals surface area contributed by atoms with Gasteiger partial charge < -0.3 is 24.3 Å². The Morgan fingerprint density at radius 2 is 1.68 bits per heavy atom. The number of rotatable bonds is 9. The molecule has 0 radical (unpaired) electrons. The van der Waals surface area contributed by atoms with E-state index in [2.05, 4.69) is 5.32 Å². The number of nitrogens with one attached hydrogen (secondary N) is 1. The van der Waals surface area contributed by atoms with E-state index in [1.165, 1.54) is 21.1 Å². The summed E-state index contributed by atoms with van der Waals surface area (Å²) in [4.78, 5) is 24.6. The Morgan fingerprint density at radius 1 is 1.00 bits per heavy atom. The van der Waals surface area contributed by atoms with Gasteiger partial charge in [-0.05, 0) is 49.7 Å². The molecule has 2 aromatic carbocycles. The summed E-state index contributed by atoms with van der Waals surface area (Å²) in [5.74, 6) is 0.666. The Hall–Kier alpha value is -3.22. The molecule has 0 heterocycles. The number of benzene rings is 2. The molecule has 1 atom stereocenters. The van der Waals surface area contributed by atoms with Crippen LogP contribution >= 0.6 is 0 Å². The highest BCUT2D eigenvalue weighted by Gasteiger charge is 2.19. The average Bonchev–Trinajstić information content (AvgIpc) is 2.72. The monoisotopic (exact) mass is 387 g/mol. The summed E-state index contributed by atoms with van der Waals surface area (Å²) in [6.45, 7) is 4.13. The van der Waals surface area contributed by atoms with E-state index in [4.69, 9.17) is 18.9 Å². The summed E-state index contributed by atoms with van der Waals surface area (Å²) in [6, 6.07) is 11.6. The number of methoxy groups -OCH3 is 2. The molecule has 1 N–H and O–H groups in total. The van der Waals surface area contributed by atoms with Crippen LogP contribution in [-0.2, 0) is 9.53 Å². The molecule has 0 aromatic heterocycles. The Kier molecular flexibility index (Phi) is 7.68. The highest BCUT2D eigenvalue weighted by molar-refractivity contribution is 5.97. The summed E-state index contributed by atoms with van der Waals surface area (Å²) in [5.41, 5.74) is 0.845. The number of amides is 1. The van der Waals surface area contributed by atoms with Gasteiger partial charge in [0.15, 0.2) is 17.6 Å². The van der Waals surface area contributed by atoms with Crippen LogP contribution in [0.5, 0.6) is 17.2 Å². The summed E-state index contributed by atoms with van der Waals surface area (Å²) in [5, 5.41) is 2.69. The van der Waals surface area contributed by atoms with Crippen LogP contribution in [0.15, 0.2) is 42.5 Å². The summed E-state index contributed by atoms with van der Waals surface area (Å²) >= 11 is 0. The first-order valence-corrected chi connectivity index (χ1v) is 8.95. The first kappa shape index (κ1) is 21.1. The fraction of sp³-hybridized carbons (Fsp3) is 0.333. The number of ether oxygens (including phenoxy) is 4. The predicted molar refractivity (Wildman–Crippen MR) is 105 cm³/mol. The summed E-state index contributed by atoms with van der Waals surface area (Å²) < 4.78 is 21.1. The first-order valence-electron chi connectivity index (χ1n) is 8.95. The van der Waals surface area contributed by atoms with Gasteiger partial charge in [-0.2, -0.15) is 0 Å². The minimum absolute atomic E-state index is 0.342. The molecule has 7 heteroatoms. The van der Waals surface area contributed by atoms with Crippen molar-refractivity contribution < 1.29 is 28.5 Å². The first-order chi connectivity index (χ1) is 13.5. The number of hydrogen-bond acceptors (Lipinski definition) is 6. The van der Waals surface area contributed by atoms with E-state index in [0.29, 0.717) is 35.1 Å². The Morgan fingerprint density at radius 3 is 2.29 bits per heavy atom. The van der Waals surface area contributed by atoms with Crippen molar-refractivity contribution in [3.8, 4) is 17.2 Å². The zero-order valence-electron chi connectivity index (χ0n) is 16.5. The van der Waals surface area contributed by atoms with Crippen molar-refractivity contribution in [3.63, 3.8) is 0 Å². The van der Waals surface area contributed by atoms with E-state index >= 15 is 0 Å². The smallest absolute Gasteiger partial charge is 0.338 e. The van der Waals surface area contributed by atoms with Crippen LogP contribution in [0.2, 0.25) is 0 Å². The lowest BCUT2D eigenvalue weighted by Gasteiger charge is -2.15. The molecule has 0 spiro atoms. The van der Waals surface area contributed by atoms with E-state index < -0.39 is 18.0 Å². The van der Waals surface area contributed by atoms with Gasteiger partial charge in [0.2, 0.25) is 0 Å². The molecule has 0 aliphatic heterocycles. The number of carbonyl (C=O) groups is 2. The van der Waals surface area contributed by atoms with Gasteiger partial charge in [-0.1, -0.05) is 6.92 Å². The zero-order valence-corrected chi connectivity index (χ0v) is 16.5. The molecule has 28 heavy (non-hydrogen) atoms. The van der Waals surface area contributed by atoms with Gasteiger partial charge in [-0.15, -0.1) is 0 Å². The topological polar surface area (TPSA) is 83.1 Å². The highest BCUT2D eigenvalue weighted by atomic mass is 16.5. The van der Waals surface area contributed by atoms with Crippen LogP contribution in [0.3, 0.4) is 0 Å². The molecule has 0 fully saturated rings. The van der Waals surface area contributed by atoms with E-state index in [0.717, 1.165) is 6.42 Å². The van der Waals surface area contributed by atoms with E-state index in [1.54, 1.807) is 42.5 Å². The van der Waals surface area contributed by atoms with Gasteiger partial charge in [0.1, 0.15) is 5.75 Å². The SMILES string of the molecule is CCCOc1ccc(C(=O)O[C@@H](C)C(=O)Nc2ccc(OC)c(OC)c2)cc1. The van der Waals surface area contributed by atoms with Crippen LogP contribution in [-0.4, -0.2) is 38.8 Å². The van der Waals surface area contributed by atoms with Crippen molar-refractivity contribution in [3.05, 3.63) is 48.0 Å². The normalized spacial score (nSPS) is 11.3. The molecular weight excluding hydrogens is 362 g/mol. The van der Waals surface area contributed by atoms with Gasteiger partial charge in [0, 0.05) is 11.8 Å². The maximum Gasteiger partial charge on any atom is 0.338 e. The molecule has 0 bridgehead atoms. The fourth-order valence-electron chi connectivity index (χ4n) is 2.35. The molecule has 0 saturated heterocycles. The number of anilines is 1. The molecule has 2 aromatic rings. The zero-order chi connectivity index (χ0) is 20.5. The molecule has 7 nitrogen and oxygen atoms in total. The maximum absolute atomic E-state index is 12.3. The lowest BCUT2D eigenvalue weighted by molar-refractivity contribution is -0.123. The van der Waals surface area contributed by atoms with Crippen molar-refractivity contribution in [1.29, 1.82) is 0 Å². The second kappa shape index (κ2) is 10.2.